The molecule has 1 unspecified atom stereocenters. The van der Waals surface area contributed by atoms with Crippen LogP contribution in [0.2, 0.25) is 0 Å². The molecule has 1 spiro atoms. The maximum atomic E-state index is 9.05. The van der Waals surface area contributed by atoms with E-state index in [4.69, 9.17) is 14.6 Å². The van der Waals surface area contributed by atoms with Crippen molar-refractivity contribution in [3.8, 4) is 5.75 Å². The molecule has 4 nitrogen and oxygen atoms in total. The smallest absolute Gasteiger partial charge is 0.119 e. The van der Waals surface area contributed by atoms with Crippen molar-refractivity contribution in [2.75, 3.05) is 40.0 Å². The number of hydrogen-bond acceptors (Lipinski definition) is 4. The number of aliphatic hydroxyl groups excluding tert-OH is 1. The summed E-state index contributed by atoms with van der Waals surface area (Å²) in [7, 11) is 1.71. The molecule has 22 heavy (non-hydrogen) atoms. The third kappa shape index (κ3) is 3.62. The molecule has 0 radical (unpaired) electrons. The molecule has 1 aromatic carbocycles. The zero-order chi connectivity index (χ0) is 15.4. The van der Waals surface area contributed by atoms with Crippen molar-refractivity contribution >= 4 is 0 Å². The number of benzene rings is 1. The van der Waals surface area contributed by atoms with Crippen LogP contribution in [-0.4, -0.2) is 56.1 Å². The minimum Gasteiger partial charge on any atom is -0.497 e. The van der Waals surface area contributed by atoms with Gasteiger partial charge >= 0.3 is 0 Å². The Morgan fingerprint density at radius 3 is 2.91 bits per heavy atom. The van der Waals surface area contributed by atoms with Crippen LogP contribution in [0.3, 0.4) is 0 Å². The summed E-state index contributed by atoms with van der Waals surface area (Å²) < 4.78 is 11.4. The lowest BCUT2D eigenvalue weighted by Gasteiger charge is -2.38. The van der Waals surface area contributed by atoms with Crippen molar-refractivity contribution in [1.82, 2.24) is 4.90 Å². The Balaban J connectivity index is 1.54. The van der Waals surface area contributed by atoms with E-state index >= 15 is 0 Å². The lowest BCUT2D eigenvalue weighted by atomic mass is 9.76. The lowest BCUT2D eigenvalue weighted by molar-refractivity contribution is 0.0600. The SMILES string of the molecule is COc1cccc(CC2CC3(CCN(CCO)CC3)CO2)c1. The number of piperidine rings is 1. The number of rotatable bonds is 5. The minimum atomic E-state index is 0.266. The summed E-state index contributed by atoms with van der Waals surface area (Å²) in [6.07, 6.45) is 4.86. The Morgan fingerprint density at radius 2 is 2.18 bits per heavy atom. The molecule has 1 aromatic rings. The van der Waals surface area contributed by atoms with E-state index < -0.39 is 0 Å². The molecule has 2 aliphatic heterocycles. The Bertz CT molecular complexity index is 483. The van der Waals surface area contributed by atoms with Crippen molar-refractivity contribution in [3.05, 3.63) is 29.8 Å². The first-order valence-corrected chi connectivity index (χ1v) is 8.31. The maximum absolute atomic E-state index is 9.05. The summed E-state index contributed by atoms with van der Waals surface area (Å²) in [6.45, 7) is 4.16. The molecule has 1 atom stereocenters. The fourth-order valence-corrected chi connectivity index (χ4v) is 3.83. The van der Waals surface area contributed by atoms with Gasteiger partial charge in [0.1, 0.15) is 5.75 Å². The van der Waals surface area contributed by atoms with Gasteiger partial charge in [-0.1, -0.05) is 12.1 Å². The maximum Gasteiger partial charge on any atom is 0.119 e. The van der Waals surface area contributed by atoms with Crippen LogP contribution in [0.1, 0.15) is 24.8 Å². The highest BCUT2D eigenvalue weighted by Gasteiger charge is 2.42. The summed E-state index contributed by atoms with van der Waals surface area (Å²) >= 11 is 0. The largest absolute Gasteiger partial charge is 0.497 e. The van der Waals surface area contributed by atoms with E-state index in [0.717, 1.165) is 44.8 Å². The molecule has 0 saturated carbocycles. The van der Waals surface area contributed by atoms with Gasteiger partial charge in [0.15, 0.2) is 0 Å². The van der Waals surface area contributed by atoms with E-state index in [1.807, 2.05) is 12.1 Å². The molecule has 3 rings (SSSR count). The highest BCUT2D eigenvalue weighted by Crippen LogP contribution is 2.42. The molecule has 0 aromatic heterocycles. The molecule has 1 N–H and O–H groups in total. The van der Waals surface area contributed by atoms with Gasteiger partial charge in [-0.05, 0) is 61.9 Å². The van der Waals surface area contributed by atoms with Gasteiger partial charge in [-0.15, -0.1) is 0 Å². The molecular formula is C18H27NO3. The molecule has 2 fully saturated rings. The molecule has 0 bridgehead atoms. The summed E-state index contributed by atoms with van der Waals surface area (Å²) in [5.74, 6) is 0.919. The van der Waals surface area contributed by atoms with E-state index in [1.165, 1.54) is 18.4 Å². The third-order valence-electron chi connectivity index (χ3n) is 5.22. The van der Waals surface area contributed by atoms with E-state index in [2.05, 4.69) is 17.0 Å². The van der Waals surface area contributed by atoms with Crippen molar-refractivity contribution in [1.29, 1.82) is 0 Å². The first-order valence-electron chi connectivity index (χ1n) is 8.31. The van der Waals surface area contributed by atoms with E-state index in [0.29, 0.717) is 11.5 Å². The second-order valence-electron chi connectivity index (χ2n) is 6.76. The number of aliphatic hydroxyl groups is 1. The fraction of sp³-hybridized carbons (Fsp3) is 0.667. The van der Waals surface area contributed by atoms with E-state index in [-0.39, 0.29) is 6.61 Å². The number of hydrogen-bond donors (Lipinski definition) is 1. The Kier molecular flexibility index (Phi) is 5.01. The zero-order valence-corrected chi connectivity index (χ0v) is 13.5. The molecule has 4 heteroatoms. The summed E-state index contributed by atoms with van der Waals surface area (Å²) in [5, 5.41) is 9.05. The fourth-order valence-electron chi connectivity index (χ4n) is 3.83. The second-order valence-corrected chi connectivity index (χ2v) is 6.76. The zero-order valence-electron chi connectivity index (χ0n) is 13.5. The molecule has 2 heterocycles. The Labute approximate surface area is 133 Å². The molecule has 122 valence electrons. The number of nitrogens with zero attached hydrogens (tertiary/aromatic N) is 1. The second kappa shape index (κ2) is 6.99. The van der Waals surface area contributed by atoms with Gasteiger partial charge in [0.25, 0.3) is 0 Å². The van der Waals surface area contributed by atoms with Gasteiger partial charge < -0.3 is 19.5 Å². The van der Waals surface area contributed by atoms with Gasteiger partial charge in [0.2, 0.25) is 0 Å². The number of ether oxygens (including phenoxy) is 2. The van der Waals surface area contributed by atoms with E-state index in [1.54, 1.807) is 7.11 Å². The van der Waals surface area contributed by atoms with Crippen molar-refractivity contribution in [3.63, 3.8) is 0 Å². The average Bonchev–Trinajstić information content (AvgIpc) is 2.93. The van der Waals surface area contributed by atoms with Crippen LogP contribution in [0, 0.1) is 5.41 Å². The van der Waals surface area contributed by atoms with Gasteiger partial charge in [-0.2, -0.15) is 0 Å². The van der Waals surface area contributed by atoms with Gasteiger partial charge in [0, 0.05) is 6.54 Å². The van der Waals surface area contributed by atoms with Crippen LogP contribution in [-0.2, 0) is 11.2 Å². The monoisotopic (exact) mass is 305 g/mol. The predicted octanol–water partition coefficient (Wildman–Crippen LogP) is 2.10. The first-order chi connectivity index (χ1) is 10.7. The van der Waals surface area contributed by atoms with Crippen LogP contribution in [0.25, 0.3) is 0 Å². The average molecular weight is 305 g/mol. The van der Waals surface area contributed by atoms with Gasteiger partial charge in [-0.25, -0.2) is 0 Å². The molecule has 0 amide bonds. The standard InChI is InChI=1S/C18H27NO3/c1-21-16-4-2-3-15(11-16)12-17-13-18(14-22-17)5-7-19(8-6-18)9-10-20/h2-4,11,17,20H,5-10,12-14H2,1H3. The van der Waals surface area contributed by atoms with Crippen LogP contribution in [0.15, 0.2) is 24.3 Å². The van der Waals surface area contributed by atoms with Gasteiger partial charge in [-0.3, -0.25) is 0 Å². The normalized spacial score (nSPS) is 24.7. The van der Waals surface area contributed by atoms with Gasteiger partial charge in [0.05, 0.1) is 26.4 Å². The predicted molar refractivity (Wildman–Crippen MR) is 86.2 cm³/mol. The molecule has 0 aliphatic carbocycles. The number of β-amino-alcohol motifs (C(OH)–C–C–N with tert-alkyl or cyclic N) is 1. The van der Waals surface area contributed by atoms with E-state index in [9.17, 15) is 0 Å². The molecule has 2 saturated heterocycles. The van der Waals surface area contributed by atoms with Crippen LogP contribution < -0.4 is 4.74 Å². The highest BCUT2D eigenvalue weighted by atomic mass is 16.5. The topological polar surface area (TPSA) is 41.9 Å². The molecular weight excluding hydrogens is 278 g/mol. The summed E-state index contributed by atoms with van der Waals surface area (Å²) in [4.78, 5) is 2.36. The first kappa shape index (κ1) is 15.8. The quantitative estimate of drug-likeness (QED) is 0.904. The lowest BCUT2D eigenvalue weighted by Crippen LogP contribution is -2.41. The number of likely N-dealkylation sites (tertiary alicyclic amines) is 1. The summed E-state index contributed by atoms with van der Waals surface area (Å²) in [5.41, 5.74) is 1.66. The molecule has 2 aliphatic rings. The Morgan fingerprint density at radius 1 is 1.36 bits per heavy atom. The van der Waals surface area contributed by atoms with Crippen molar-refractivity contribution in [2.24, 2.45) is 5.41 Å². The Hall–Kier alpha value is -1.10. The van der Waals surface area contributed by atoms with Crippen LogP contribution in [0.5, 0.6) is 5.75 Å². The van der Waals surface area contributed by atoms with Crippen LogP contribution >= 0.6 is 0 Å². The van der Waals surface area contributed by atoms with Crippen molar-refractivity contribution in [2.45, 2.75) is 31.8 Å². The summed E-state index contributed by atoms with van der Waals surface area (Å²) in [6, 6.07) is 8.29. The minimum absolute atomic E-state index is 0.266. The number of methoxy groups -OCH3 is 1. The van der Waals surface area contributed by atoms with Crippen molar-refractivity contribution < 1.29 is 14.6 Å². The van der Waals surface area contributed by atoms with Crippen LogP contribution in [0.4, 0.5) is 0 Å². The highest BCUT2D eigenvalue weighted by molar-refractivity contribution is 5.29. The third-order valence-corrected chi connectivity index (χ3v) is 5.22.